The van der Waals surface area contributed by atoms with Gasteiger partial charge >= 0.3 is 0 Å². The molecule has 0 spiro atoms. The van der Waals surface area contributed by atoms with Crippen molar-refractivity contribution >= 4 is 5.91 Å². The monoisotopic (exact) mass is 297 g/mol. The van der Waals surface area contributed by atoms with Crippen LogP contribution in [0.25, 0.3) is 0 Å². The number of hydrogen-bond acceptors (Lipinski definition) is 2. The van der Waals surface area contributed by atoms with E-state index in [0.29, 0.717) is 6.54 Å². The summed E-state index contributed by atoms with van der Waals surface area (Å²) >= 11 is 0. The van der Waals surface area contributed by atoms with Crippen molar-refractivity contribution in [1.29, 1.82) is 0 Å². The molecule has 0 unspecified atom stereocenters. The molecule has 0 heterocycles. The van der Waals surface area contributed by atoms with Crippen LogP contribution in [0, 0.1) is 6.92 Å². The molecule has 2 aromatic rings. The SMILES string of the molecule is CC(=O)N(C)CC[C@@H](Oc1ccccc1C)c1ccccc1. The Bertz CT molecular complexity index is 610. The Kier molecular flexibility index (Phi) is 5.59. The van der Waals surface area contributed by atoms with Gasteiger partial charge in [0.2, 0.25) is 5.91 Å². The fraction of sp³-hybridized carbons (Fsp3) is 0.316. The molecule has 2 aromatic carbocycles. The zero-order valence-electron chi connectivity index (χ0n) is 13.5. The maximum absolute atomic E-state index is 11.4. The number of aryl methyl sites for hydroxylation is 1. The summed E-state index contributed by atoms with van der Waals surface area (Å²) in [6.45, 7) is 4.29. The fourth-order valence-corrected chi connectivity index (χ4v) is 2.27. The second-order valence-electron chi connectivity index (χ2n) is 5.51. The highest BCUT2D eigenvalue weighted by atomic mass is 16.5. The molecule has 0 saturated carbocycles. The second kappa shape index (κ2) is 7.64. The zero-order chi connectivity index (χ0) is 15.9. The molecule has 22 heavy (non-hydrogen) atoms. The molecule has 3 heteroatoms. The number of ether oxygens (including phenoxy) is 1. The highest BCUT2D eigenvalue weighted by molar-refractivity contribution is 5.72. The molecular formula is C19H23NO2. The average molecular weight is 297 g/mol. The van der Waals surface area contributed by atoms with Crippen LogP contribution in [0.15, 0.2) is 54.6 Å². The molecule has 3 nitrogen and oxygen atoms in total. The molecule has 0 aliphatic carbocycles. The summed E-state index contributed by atoms with van der Waals surface area (Å²) in [5.41, 5.74) is 2.24. The van der Waals surface area contributed by atoms with Gasteiger partial charge in [-0.05, 0) is 24.1 Å². The van der Waals surface area contributed by atoms with Crippen molar-refractivity contribution in [1.82, 2.24) is 4.90 Å². The lowest BCUT2D eigenvalue weighted by molar-refractivity contribution is -0.127. The lowest BCUT2D eigenvalue weighted by Crippen LogP contribution is -2.27. The first-order valence-corrected chi connectivity index (χ1v) is 7.57. The molecule has 0 radical (unpaired) electrons. The van der Waals surface area contributed by atoms with Crippen LogP contribution < -0.4 is 4.74 Å². The van der Waals surface area contributed by atoms with E-state index in [9.17, 15) is 4.79 Å². The molecule has 0 fully saturated rings. The highest BCUT2D eigenvalue weighted by Gasteiger charge is 2.16. The summed E-state index contributed by atoms with van der Waals surface area (Å²) in [5, 5.41) is 0. The van der Waals surface area contributed by atoms with Gasteiger partial charge in [0.05, 0.1) is 0 Å². The molecule has 0 saturated heterocycles. The van der Waals surface area contributed by atoms with Gasteiger partial charge in [0.1, 0.15) is 11.9 Å². The Labute approximate surface area is 132 Å². The molecule has 1 atom stereocenters. The first-order valence-electron chi connectivity index (χ1n) is 7.57. The van der Waals surface area contributed by atoms with Gasteiger partial charge in [-0.2, -0.15) is 0 Å². The van der Waals surface area contributed by atoms with Crippen molar-refractivity contribution in [2.75, 3.05) is 13.6 Å². The van der Waals surface area contributed by atoms with Gasteiger partial charge in [-0.15, -0.1) is 0 Å². The molecule has 1 amide bonds. The first-order chi connectivity index (χ1) is 10.6. The number of rotatable bonds is 6. The maximum Gasteiger partial charge on any atom is 0.219 e. The van der Waals surface area contributed by atoms with E-state index in [1.165, 1.54) is 0 Å². The van der Waals surface area contributed by atoms with Crippen LogP contribution in [0.4, 0.5) is 0 Å². The van der Waals surface area contributed by atoms with Gasteiger partial charge in [0, 0.05) is 26.9 Å². The summed E-state index contributed by atoms with van der Waals surface area (Å²) in [4.78, 5) is 13.1. The van der Waals surface area contributed by atoms with Crippen molar-refractivity contribution in [2.24, 2.45) is 0 Å². The van der Waals surface area contributed by atoms with E-state index >= 15 is 0 Å². The fourth-order valence-electron chi connectivity index (χ4n) is 2.27. The Morgan fingerprint density at radius 2 is 1.73 bits per heavy atom. The molecule has 0 N–H and O–H groups in total. The van der Waals surface area contributed by atoms with Crippen LogP contribution in [0.1, 0.15) is 30.6 Å². The molecule has 116 valence electrons. The summed E-state index contributed by atoms with van der Waals surface area (Å²) in [6, 6.07) is 18.2. The van der Waals surface area contributed by atoms with Gasteiger partial charge in [-0.1, -0.05) is 48.5 Å². The molecule has 0 aliphatic heterocycles. The van der Waals surface area contributed by atoms with Crippen molar-refractivity contribution in [3.8, 4) is 5.75 Å². The van der Waals surface area contributed by atoms with Crippen LogP contribution in [0.2, 0.25) is 0 Å². The predicted octanol–water partition coefficient (Wildman–Crippen LogP) is 3.98. The third kappa shape index (κ3) is 4.35. The lowest BCUT2D eigenvalue weighted by atomic mass is 10.1. The number of nitrogens with zero attached hydrogens (tertiary/aromatic N) is 1. The smallest absolute Gasteiger partial charge is 0.219 e. The molecule has 0 aliphatic rings. The van der Waals surface area contributed by atoms with Crippen LogP contribution in [0.5, 0.6) is 5.75 Å². The average Bonchev–Trinajstić information content (AvgIpc) is 2.53. The summed E-state index contributed by atoms with van der Waals surface area (Å²) in [6.07, 6.45) is 0.693. The number of hydrogen-bond donors (Lipinski definition) is 0. The predicted molar refractivity (Wildman–Crippen MR) is 88.9 cm³/mol. The highest BCUT2D eigenvalue weighted by Crippen LogP contribution is 2.27. The minimum atomic E-state index is -0.0656. The maximum atomic E-state index is 11.4. The minimum absolute atomic E-state index is 0.0656. The van der Waals surface area contributed by atoms with Gasteiger partial charge in [-0.25, -0.2) is 0 Å². The first kappa shape index (κ1) is 16.1. The van der Waals surface area contributed by atoms with E-state index in [2.05, 4.69) is 12.1 Å². The number of benzene rings is 2. The van der Waals surface area contributed by atoms with Crippen LogP contribution in [-0.2, 0) is 4.79 Å². The Balaban J connectivity index is 2.15. The Morgan fingerprint density at radius 1 is 1.09 bits per heavy atom. The molecule has 0 bridgehead atoms. The quantitative estimate of drug-likeness (QED) is 0.807. The van der Waals surface area contributed by atoms with E-state index in [0.717, 1.165) is 23.3 Å². The molecular weight excluding hydrogens is 274 g/mol. The zero-order valence-corrected chi connectivity index (χ0v) is 13.5. The topological polar surface area (TPSA) is 29.5 Å². The summed E-state index contributed by atoms with van der Waals surface area (Å²) < 4.78 is 6.22. The van der Waals surface area contributed by atoms with Gasteiger partial charge in [-0.3, -0.25) is 4.79 Å². The molecule has 2 rings (SSSR count). The van der Waals surface area contributed by atoms with Crippen molar-refractivity contribution in [3.05, 3.63) is 65.7 Å². The van der Waals surface area contributed by atoms with E-state index in [-0.39, 0.29) is 12.0 Å². The standard InChI is InChI=1S/C19H23NO2/c1-15-9-7-8-12-18(15)22-19(13-14-20(3)16(2)21)17-10-5-4-6-11-17/h4-12,19H,13-14H2,1-3H3/t19-/m1/s1. The summed E-state index contributed by atoms with van der Waals surface area (Å²) in [5.74, 6) is 0.963. The number of amides is 1. The molecule has 0 aromatic heterocycles. The number of carbonyl (C=O) groups excluding carboxylic acids is 1. The van der Waals surface area contributed by atoms with Gasteiger partial charge in [0.25, 0.3) is 0 Å². The third-order valence-corrected chi connectivity index (χ3v) is 3.80. The Morgan fingerprint density at radius 3 is 2.36 bits per heavy atom. The van der Waals surface area contributed by atoms with Crippen molar-refractivity contribution < 1.29 is 9.53 Å². The Hall–Kier alpha value is -2.29. The summed E-state index contributed by atoms with van der Waals surface area (Å²) in [7, 11) is 1.82. The van der Waals surface area contributed by atoms with E-state index in [1.807, 2.05) is 56.4 Å². The van der Waals surface area contributed by atoms with Gasteiger partial charge in [0.15, 0.2) is 0 Å². The van der Waals surface area contributed by atoms with Crippen LogP contribution in [0.3, 0.4) is 0 Å². The second-order valence-corrected chi connectivity index (χ2v) is 5.51. The van der Waals surface area contributed by atoms with E-state index in [1.54, 1.807) is 11.8 Å². The van der Waals surface area contributed by atoms with Gasteiger partial charge < -0.3 is 9.64 Å². The minimum Gasteiger partial charge on any atom is -0.485 e. The van der Waals surface area contributed by atoms with Crippen LogP contribution in [-0.4, -0.2) is 24.4 Å². The largest absolute Gasteiger partial charge is 0.485 e. The van der Waals surface area contributed by atoms with Crippen LogP contribution >= 0.6 is 0 Å². The lowest BCUT2D eigenvalue weighted by Gasteiger charge is -2.23. The van der Waals surface area contributed by atoms with Crippen molar-refractivity contribution in [2.45, 2.75) is 26.4 Å². The number of carbonyl (C=O) groups is 1. The van der Waals surface area contributed by atoms with E-state index < -0.39 is 0 Å². The van der Waals surface area contributed by atoms with E-state index in [4.69, 9.17) is 4.74 Å². The van der Waals surface area contributed by atoms with Crippen molar-refractivity contribution in [3.63, 3.8) is 0 Å². The number of para-hydroxylation sites is 1. The normalized spacial score (nSPS) is 11.8. The third-order valence-electron chi connectivity index (χ3n) is 3.80.